The molecular formula is C26H25N3O4S. The second-order valence-corrected chi connectivity index (χ2v) is 9.17. The van der Waals surface area contributed by atoms with Crippen molar-refractivity contribution >= 4 is 27.9 Å². The third-order valence-electron chi connectivity index (χ3n) is 5.72. The van der Waals surface area contributed by atoms with Crippen LogP contribution >= 0.6 is 11.3 Å². The van der Waals surface area contributed by atoms with E-state index in [9.17, 15) is 9.59 Å². The Morgan fingerprint density at radius 3 is 2.71 bits per heavy atom. The van der Waals surface area contributed by atoms with E-state index in [1.54, 1.807) is 58.2 Å². The standard InChI is InChI=1S/C26H25N3O4S/c1-2-32-20-12-10-17(11-13-20)25(31)27-18-6-5-7-21(14-18)33-16-19-15-24(30)29-22-8-3-4-9-23(22)34-26(29)28-19/h5-7,10-15H,2-4,8-9,16H2,1H3,(H,27,31). The molecule has 4 aromatic rings. The number of fused-ring (bicyclic) bond motifs is 3. The van der Waals surface area contributed by atoms with Gasteiger partial charge in [0.15, 0.2) is 4.96 Å². The van der Waals surface area contributed by atoms with Crippen molar-refractivity contribution in [2.45, 2.75) is 39.2 Å². The molecule has 174 valence electrons. The molecule has 2 aromatic heterocycles. The monoisotopic (exact) mass is 475 g/mol. The van der Waals surface area contributed by atoms with Gasteiger partial charge in [-0.25, -0.2) is 4.98 Å². The SMILES string of the molecule is CCOc1ccc(C(=O)Nc2cccc(OCc3cc(=O)n4c5c(sc4n3)CCCC5)c2)cc1. The molecule has 5 rings (SSSR count). The van der Waals surface area contributed by atoms with Crippen LogP contribution in [0, 0.1) is 0 Å². The van der Waals surface area contributed by atoms with Gasteiger partial charge in [0, 0.05) is 34.0 Å². The Morgan fingerprint density at radius 2 is 1.88 bits per heavy atom. The average molecular weight is 476 g/mol. The molecule has 0 radical (unpaired) electrons. The Morgan fingerprint density at radius 1 is 1.06 bits per heavy atom. The van der Waals surface area contributed by atoms with E-state index in [2.05, 4.69) is 10.3 Å². The molecule has 0 aliphatic heterocycles. The van der Waals surface area contributed by atoms with Crippen molar-refractivity contribution in [1.82, 2.24) is 9.38 Å². The molecular weight excluding hydrogens is 450 g/mol. The summed E-state index contributed by atoms with van der Waals surface area (Å²) in [6, 6.07) is 15.7. The molecule has 34 heavy (non-hydrogen) atoms. The van der Waals surface area contributed by atoms with E-state index in [1.807, 2.05) is 19.1 Å². The molecule has 0 unspecified atom stereocenters. The number of nitrogens with zero attached hydrogens (tertiary/aromatic N) is 2. The molecule has 0 spiro atoms. The Labute approximate surface area is 201 Å². The average Bonchev–Trinajstić information content (AvgIpc) is 3.22. The van der Waals surface area contributed by atoms with E-state index in [0.717, 1.165) is 42.1 Å². The van der Waals surface area contributed by atoms with Crippen LogP contribution in [0.2, 0.25) is 0 Å². The van der Waals surface area contributed by atoms with Crippen LogP contribution in [0.15, 0.2) is 59.4 Å². The van der Waals surface area contributed by atoms with Gasteiger partial charge in [-0.2, -0.15) is 0 Å². The topological polar surface area (TPSA) is 81.9 Å². The van der Waals surface area contributed by atoms with Crippen LogP contribution in [0.4, 0.5) is 5.69 Å². The van der Waals surface area contributed by atoms with Crippen LogP contribution in [0.1, 0.15) is 46.4 Å². The van der Waals surface area contributed by atoms with Crippen molar-refractivity contribution < 1.29 is 14.3 Å². The number of nitrogens with one attached hydrogen (secondary N) is 1. The Hall–Kier alpha value is -3.65. The van der Waals surface area contributed by atoms with E-state index in [4.69, 9.17) is 9.47 Å². The van der Waals surface area contributed by atoms with E-state index >= 15 is 0 Å². The first-order valence-corrected chi connectivity index (χ1v) is 12.2. The summed E-state index contributed by atoms with van der Waals surface area (Å²) in [6.45, 7) is 2.66. The maximum Gasteiger partial charge on any atom is 0.259 e. The summed E-state index contributed by atoms with van der Waals surface area (Å²) in [7, 11) is 0. The predicted molar refractivity (Wildman–Crippen MR) is 132 cm³/mol. The lowest BCUT2D eigenvalue weighted by Gasteiger charge is -2.11. The van der Waals surface area contributed by atoms with Gasteiger partial charge in [0.2, 0.25) is 0 Å². The molecule has 1 aliphatic rings. The van der Waals surface area contributed by atoms with Gasteiger partial charge in [0.25, 0.3) is 11.5 Å². The normalized spacial score (nSPS) is 12.9. The molecule has 0 bridgehead atoms. The van der Waals surface area contributed by atoms with E-state index in [-0.39, 0.29) is 18.1 Å². The first kappa shape index (κ1) is 22.2. The number of anilines is 1. The maximum atomic E-state index is 12.7. The van der Waals surface area contributed by atoms with Crippen LogP contribution in [0.25, 0.3) is 4.96 Å². The van der Waals surface area contributed by atoms with Crippen molar-refractivity contribution in [2.75, 3.05) is 11.9 Å². The fourth-order valence-electron chi connectivity index (χ4n) is 4.11. The zero-order valence-electron chi connectivity index (χ0n) is 18.9. The molecule has 0 saturated heterocycles. The van der Waals surface area contributed by atoms with Gasteiger partial charge in [-0.05, 0) is 69.0 Å². The fraction of sp³-hybridized carbons (Fsp3) is 0.269. The highest BCUT2D eigenvalue weighted by atomic mass is 32.1. The summed E-state index contributed by atoms with van der Waals surface area (Å²) >= 11 is 1.60. The molecule has 1 amide bonds. The first-order chi connectivity index (χ1) is 16.6. The summed E-state index contributed by atoms with van der Waals surface area (Å²) in [5.74, 6) is 1.09. The molecule has 2 heterocycles. The van der Waals surface area contributed by atoms with Gasteiger partial charge in [0.05, 0.1) is 12.3 Å². The minimum absolute atomic E-state index is 0.0561. The number of benzene rings is 2. The van der Waals surface area contributed by atoms with Crippen molar-refractivity contribution in [2.24, 2.45) is 0 Å². The quantitative estimate of drug-likeness (QED) is 0.413. The number of aromatic nitrogens is 2. The van der Waals surface area contributed by atoms with E-state index < -0.39 is 0 Å². The van der Waals surface area contributed by atoms with Crippen molar-refractivity contribution in [3.05, 3.63) is 86.8 Å². The summed E-state index contributed by atoms with van der Waals surface area (Å²) in [4.78, 5) is 32.0. The molecule has 8 heteroatoms. The van der Waals surface area contributed by atoms with E-state index in [0.29, 0.717) is 29.3 Å². The number of rotatable bonds is 7. The number of carbonyl (C=O) groups is 1. The van der Waals surface area contributed by atoms with Gasteiger partial charge in [-0.15, -0.1) is 11.3 Å². The highest BCUT2D eigenvalue weighted by Gasteiger charge is 2.18. The number of ether oxygens (including phenoxy) is 2. The minimum atomic E-state index is -0.220. The summed E-state index contributed by atoms with van der Waals surface area (Å²) in [5.41, 5.74) is 2.80. The predicted octanol–water partition coefficient (Wildman–Crippen LogP) is 4.86. The lowest BCUT2D eigenvalue weighted by Crippen LogP contribution is -2.18. The van der Waals surface area contributed by atoms with Crippen molar-refractivity contribution in [3.63, 3.8) is 0 Å². The summed E-state index contributed by atoms with van der Waals surface area (Å²) in [6.07, 6.45) is 4.23. The molecule has 1 N–H and O–H groups in total. The first-order valence-electron chi connectivity index (χ1n) is 11.4. The van der Waals surface area contributed by atoms with Crippen LogP contribution in [0.3, 0.4) is 0 Å². The largest absolute Gasteiger partial charge is 0.494 e. The van der Waals surface area contributed by atoms with Gasteiger partial charge >= 0.3 is 0 Å². The number of hydrogen-bond acceptors (Lipinski definition) is 6. The zero-order valence-corrected chi connectivity index (χ0v) is 19.7. The number of thiazole rings is 1. The minimum Gasteiger partial charge on any atom is -0.494 e. The van der Waals surface area contributed by atoms with Crippen LogP contribution < -0.4 is 20.3 Å². The van der Waals surface area contributed by atoms with Gasteiger partial charge in [-0.1, -0.05) is 6.07 Å². The lowest BCUT2D eigenvalue weighted by atomic mass is 10.0. The summed E-state index contributed by atoms with van der Waals surface area (Å²) < 4.78 is 13.1. The molecule has 1 aliphatic carbocycles. The zero-order chi connectivity index (χ0) is 23.5. The van der Waals surface area contributed by atoms with Crippen LogP contribution in [-0.4, -0.2) is 21.9 Å². The maximum absolute atomic E-state index is 12.7. The van der Waals surface area contributed by atoms with Gasteiger partial charge in [0.1, 0.15) is 18.1 Å². The Bertz CT molecular complexity index is 1390. The molecule has 7 nitrogen and oxygen atoms in total. The number of amides is 1. The smallest absolute Gasteiger partial charge is 0.259 e. The van der Waals surface area contributed by atoms with Gasteiger partial charge < -0.3 is 14.8 Å². The second kappa shape index (κ2) is 9.69. The fourth-order valence-corrected chi connectivity index (χ4v) is 5.34. The second-order valence-electron chi connectivity index (χ2n) is 8.11. The summed E-state index contributed by atoms with van der Waals surface area (Å²) in [5, 5.41) is 2.88. The molecule has 0 fully saturated rings. The number of aryl methyl sites for hydroxylation is 2. The lowest BCUT2D eigenvalue weighted by molar-refractivity contribution is 0.102. The number of carbonyl (C=O) groups excluding carboxylic acids is 1. The van der Waals surface area contributed by atoms with Crippen molar-refractivity contribution in [3.8, 4) is 11.5 Å². The third kappa shape index (κ3) is 4.68. The van der Waals surface area contributed by atoms with Crippen molar-refractivity contribution in [1.29, 1.82) is 0 Å². The van der Waals surface area contributed by atoms with E-state index in [1.165, 1.54) is 4.88 Å². The molecule has 2 aromatic carbocycles. The number of hydrogen-bond donors (Lipinski definition) is 1. The third-order valence-corrected chi connectivity index (χ3v) is 6.86. The van der Waals surface area contributed by atoms with Gasteiger partial charge in [-0.3, -0.25) is 14.0 Å². The highest BCUT2D eigenvalue weighted by Crippen LogP contribution is 2.28. The van der Waals surface area contributed by atoms with Crippen LogP contribution in [0.5, 0.6) is 11.5 Å². The molecule has 0 atom stereocenters. The Balaban J connectivity index is 1.26. The molecule has 0 saturated carbocycles. The Kier molecular flexibility index (Phi) is 6.31. The highest BCUT2D eigenvalue weighted by molar-refractivity contribution is 7.17. The van der Waals surface area contributed by atoms with Crippen LogP contribution in [-0.2, 0) is 19.4 Å².